The number of amides is 1. The van der Waals surface area contributed by atoms with E-state index in [9.17, 15) is 4.79 Å². The number of nitrogens with one attached hydrogen (secondary N) is 1. The Balaban J connectivity index is 1.91. The van der Waals surface area contributed by atoms with Gasteiger partial charge in [0.05, 0.1) is 13.2 Å². The zero-order valence-corrected chi connectivity index (χ0v) is 12.8. The van der Waals surface area contributed by atoms with Gasteiger partial charge in [-0.2, -0.15) is 0 Å². The summed E-state index contributed by atoms with van der Waals surface area (Å²) in [5, 5.41) is 3.27. The number of hydrogen-bond donors (Lipinski definition) is 1. The largest absolute Gasteiger partial charge is 0.481 e. The molecule has 0 radical (unpaired) electrons. The van der Waals surface area contributed by atoms with Gasteiger partial charge in [-0.25, -0.2) is 0 Å². The number of morpholine rings is 1. The number of ether oxygens (including phenoxy) is 2. The molecule has 0 bridgehead atoms. The average Bonchev–Trinajstić information content (AvgIpc) is 2.53. The van der Waals surface area contributed by atoms with E-state index < -0.39 is 6.10 Å². The highest BCUT2D eigenvalue weighted by Gasteiger charge is 2.23. The molecule has 1 unspecified atom stereocenters. The average molecular weight is 292 g/mol. The fraction of sp³-hybridized carbons (Fsp3) is 0.562. The molecule has 5 heteroatoms. The van der Waals surface area contributed by atoms with E-state index >= 15 is 0 Å². The third-order valence-corrected chi connectivity index (χ3v) is 3.46. The van der Waals surface area contributed by atoms with E-state index in [-0.39, 0.29) is 5.91 Å². The van der Waals surface area contributed by atoms with Crippen LogP contribution in [-0.4, -0.2) is 49.8 Å². The lowest BCUT2D eigenvalue weighted by Gasteiger charge is -2.29. The molecular weight excluding hydrogens is 268 g/mol. The van der Waals surface area contributed by atoms with Crippen LogP contribution in [0, 0.1) is 0 Å². The molecule has 116 valence electrons. The van der Waals surface area contributed by atoms with E-state index in [1.165, 1.54) is 0 Å². The van der Waals surface area contributed by atoms with Crippen molar-refractivity contribution in [2.24, 2.45) is 0 Å². The number of hydrogen-bond acceptors (Lipinski definition) is 4. The highest BCUT2D eigenvalue weighted by Crippen LogP contribution is 2.16. The SMILES string of the molecule is CCNCc1cccc(OC(C)C(=O)N2CCOCC2)c1. The Kier molecular flexibility index (Phi) is 6.02. The summed E-state index contributed by atoms with van der Waals surface area (Å²) in [6, 6.07) is 7.86. The third kappa shape index (κ3) is 4.72. The van der Waals surface area contributed by atoms with Crippen LogP contribution in [0.5, 0.6) is 5.75 Å². The van der Waals surface area contributed by atoms with Crippen LogP contribution < -0.4 is 10.1 Å². The fourth-order valence-corrected chi connectivity index (χ4v) is 2.29. The maximum atomic E-state index is 12.3. The molecule has 1 aliphatic heterocycles. The van der Waals surface area contributed by atoms with E-state index in [4.69, 9.17) is 9.47 Å². The van der Waals surface area contributed by atoms with Crippen LogP contribution in [0.25, 0.3) is 0 Å². The molecule has 1 amide bonds. The van der Waals surface area contributed by atoms with Crippen molar-refractivity contribution in [2.45, 2.75) is 26.5 Å². The highest BCUT2D eigenvalue weighted by atomic mass is 16.5. The van der Waals surface area contributed by atoms with Gasteiger partial charge in [-0.3, -0.25) is 4.79 Å². The topological polar surface area (TPSA) is 50.8 Å². The second-order valence-electron chi connectivity index (χ2n) is 5.13. The smallest absolute Gasteiger partial charge is 0.263 e. The minimum atomic E-state index is -0.475. The van der Waals surface area contributed by atoms with Gasteiger partial charge in [0.25, 0.3) is 5.91 Å². The Morgan fingerprint density at radius 2 is 2.19 bits per heavy atom. The van der Waals surface area contributed by atoms with Crippen molar-refractivity contribution < 1.29 is 14.3 Å². The van der Waals surface area contributed by atoms with Crippen molar-refractivity contribution >= 4 is 5.91 Å². The summed E-state index contributed by atoms with van der Waals surface area (Å²) in [4.78, 5) is 14.1. The normalized spacial score (nSPS) is 16.6. The van der Waals surface area contributed by atoms with Crippen molar-refractivity contribution in [3.63, 3.8) is 0 Å². The summed E-state index contributed by atoms with van der Waals surface area (Å²) >= 11 is 0. The molecule has 1 aromatic carbocycles. The van der Waals surface area contributed by atoms with Crippen LogP contribution in [0.1, 0.15) is 19.4 Å². The molecule has 1 N–H and O–H groups in total. The van der Waals surface area contributed by atoms with Crippen LogP contribution in [0.15, 0.2) is 24.3 Å². The van der Waals surface area contributed by atoms with E-state index in [0.717, 1.165) is 24.4 Å². The van der Waals surface area contributed by atoms with Crippen molar-refractivity contribution in [2.75, 3.05) is 32.8 Å². The molecule has 2 rings (SSSR count). The first-order chi connectivity index (χ1) is 10.2. The van der Waals surface area contributed by atoms with Crippen LogP contribution in [-0.2, 0) is 16.1 Å². The minimum absolute atomic E-state index is 0.0235. The Bertz CT molecular complexity index is 459. The summed E-state index contributed by atoms with van der Waals surface area (Å²) in [7, 11) is 0. The molecule has 0 saturated carbocycles. The van der Waals surface area contributed by atoms with Gasteiger partial charge in [0.2, 0.25) is 0 Å². The minimum Gasteiger partial charge on any atom is -0.481 e. The molecule has 1 aliphatic rings. The van der Waals surface area contributed by atoms with E-state index in [0.29, 0.717) is 26.3 Å². The summed E-state index contributed by atoms with van der Waals surface area (Å²) in [5.41, 5.74) is 1.15. The van der Waals surface area contributed by atoms with Crippen molar-refractivity contribution in [1.82, 2.24) is 10.2 Å². The Morgan fingerprint density at radius 3 is 2.90 bits per heavy atom. The second-order valence-corrected chi connectivity index (χ2v) is 5.13. The lowest BCUT2D eigenvalue weighted by molar-refractivity contribution is -0.142. The van der Waals surface area contributed by atoms with E-state index in [1.54, 1.807) is 11.8 Å². The number of benzene rings is 1. The first kappa shape index (κ1) is 15.8. The summed E-state index contributed by atoms with van der Waals surface area (Å²) < 4.78 is 11.0. The van der Waals surface area contributed by atoms with Crippen LogP contribution in [0.4, 0.5) is 0 Å². The Labute approximate surface area is 126 Å². The lowest BCUT2D eigenvalue weighted by atomic mass is 10.2. The second kappa shape index (κ2) is 8.00. The zero-order valence-electron chi connectivity index (χ0n) is 12.8. The first-order valence-corrected chi connectivity index (χ1v) is 7.53. The molecule has 1 fully saturated rings. The molecule has 1 atom stereocenters. The summed E-state index contributed by atoms with van der Waals surface area (Å²) in [6.07, 6.45) is -0.475. The van der Waals surface area contributed by atoms with Gasteiger partial charge in [-0.05, 0) is 31.2 Å². The fourth-order valence-electron chi connectivity index (χ4n) is 2.29. The van der Waals surface area contributed by atoms with Crippen molar-refractivity contribution in [1.29, 1.82) is 0 Å². The van der Waals surface area contributed by atoms with E-state index in [1.807, 2.05) is 24.3 Å². The molecule has 0 spiro atoms. The van der Waals surface area contributed by atoms with Gasteiger partial charge in [0, 0.05) is 19.6 Å². The van der Waals surface area contributed by atoms with Gasteiger partial charge < -0.3 is 19.7 Å². The molecule has 0 aliphatic carbocycles. The number of carbonyl (C=O) groups excluding carboxylic acids is 1. The van der Waals surface area contributed by atoms with E-state index in [2.05, 4.69) is 12.2 Å². The monoisotopic (exact) mass is 292 g/mol. The molecule has 0 aromatic heterocycles. The van der Waals surface area contributed by atoms with Crippen LogP contribution >= 0.6 is 0 Å². The third-order valence-electron chi connectivity index (χ3n) is 3.46. The predicted octanol–water partition coefficient (Wildman–Crippen LogP) is 1.42. The first-order valence-electron chi connectivity index (χ1n) is 7.53. The Hall–Kier alpha value is -1.59. The lowest BCUT2D eigenvalue weighted by Crippen LogP contribution is -2.46. The summed E-state index contributed by atoms with van der Waals surface area (Å²) in [6.45, 7) is 8.11. The van der Waals surface area contributed by atoms with Gasteiger partial charge in [0.1, 0.15) is 5.75 Å². The quantitative estimate of drug-likeness (QED) is 0.861. The Morgan fingerprint density at radius 1 is 1.43 bits per heavy atom. The molecular formula is C16H24N2O3. The van der Waals surface area contributed by atoms with Crippen molar-refractivity contribution in [3.05, 3.63) is 29.8 Å². The number of carbonyl (C=O) groups is 1. The molecule has 1 aromatic rings. The molecule has 1 saturated heterocycles. The van der Waals surface area contributed by atoms with Crippen LogP contribution in [0.2, 0.25) is 0 Å². The molecule has 21 heavy (non-hydrogen) atoms. The van der Waals surface area contributed by atoms with Gasteiger partial charge in [-0.1, -0.05) is 19.1 Å². The molecule has 1 heterocycles. The van der Waals surface area contributed by atoms with Gasteiger partial charge in [0.15, 0.2) is 6.10 Å². The summed E-state index contributed by atoms with van der Waals surface area (Å²) in [5.74, 6) is 0.759. The maximum absolute atomic E-state index is 12.3. The zero-order chi connectivity index (χ0) is 15.1. The number of rotatable bonds is 6. The van der Waals surface area contributed by atoms with Crippen molar-refractivity contribution in [3.8, 4) is 5.75 Å². The predicted molar refractivity (Wildman–Crippen MR) is 81.3 cm³/mol. The highest BCUT2D eigenvalue weighted by molar-refractivity contribution is 5.81. The van der Waals surface area contributed by atoms with Crippen LogP contribution in [0.3, 0.4) is 0 Å². The van der Waals surface area contributed by atoms with Gasteiger partial charge >= 0.3 is 0 Å². The maximum Gasteiger partial charge on any atom is 0.263 e. The number of nitrogens with zero attached hydrogens (tertiary/aromatic N) is 1. The standard InChI is InChI=1S/C16H24N2O3/c1-3-17-12-14-5-4-6-15(11-14)21-13(2)16(19)18-7-9-20-10-8-18/h4-6,11,13,17H,3,7-10,12H2,1-2H3. The molecule has 5 nitrogen and oxygen atoms in total. The van der Waals surface area contributed by atoms with Gasteiger partial charge in [-0.15, -0.1) is 0 Å².